The molecule has 0 aromatic carbocycles. The molecule has 0 spiro atoms. The summed E-state index contributed by atoms with van der Waals surface area (Å²) >= 11 is 0. The lowest BCUT2D eigenvalue weighted by Crippen LogP contribution is -2.44. The molecule has 2 rings (SSSR count). The number of hydrogen-bond donors (Lipinski definition) is 1. The van der Waals surface area contributed by atoms with Crippen molar-refractivity contribution in [3.63, 3.8) is 0 Å². The highest BCUT2D eigenvalue weighted by Gasteiger charge is 2.31. The standard InChI is InChI=1S/C16H32N2O/c1-13(2)8-9-18(15-6-4-5-7-15)10-14-11-19-12-16(14)17-3/h13-17H,4-12H2,1-3H3. The van der Waals surface area contributed by atoms with Crippen LogP contribution in [0.25, 0.3) is 0 Å². The van der Waals surface area contributed by atoms with Gasteiger partial charge in [0.2, 0.25) is 0 Å². The predicted octanol–water partition coefficient (Wildman–Crippen LogP) is 2.51. The highest BCUT2D eigenvalue weighted by Crippen LogP contribution is 2.26. The lowest BCUT2D eigenvalue weighted by molar-refractivity contribution is 0.137. The third-order valence-electron chi connectivity index (χ3n) is 4.87. The third kappa shape index (κ3) is 4.44. The van der Waals surface area contributed by atoms with Crippen LogP contribution in [0.15, 0.2) is 0 Å². The van der Waals surface area contributed by atoms with Gasteiger partial charge in [-0.15, -0.1) is 0 Å². The van der Waals surface area contributed by atoms with Crippen LogP contribution < -0.4 is 5.32 Å². The summed E-state index contributed by atoms with van der Waals surface area (Å²) < 4.78 is 5.66. The summed E-state index contributed by atoms with van der Waals surface area (Å²) in [7, 11) is 2.07. The van der Waals surface area contributed by atoms with Gasteiger partial charge in [-0.1, -0.05) is 26.7 Å². The lowest BCUT2D eigenvalue weighted by Gasteiger charge is -2.33. The molecule has 1 heterocycles. The zero-order valence-electron chi connectivity index (χ0n) is 13.0. The van der Waals surface area contributed by atoms with Crippen LogP contribution in [0.3, 0.4) is 0 Å². The molecule has 2 aliphatic rings. The van der Waals surface area contributed by atoms with Gasteiger partial charge in [0.25, 0.3) is 0 Å². The van der Waals surface area contributed by atoms with Crippen molar-refractivity contribution in [1.82, 2.24) is 10.2 Å². The molecule has 0 radical (unpaired) electrons. The molecule has 2 atom stereocenters. The number of ether oxygens (including phenoxy) is 1. The quantitative estimate of drug-likeness (QED) is 0.768. The minimum absolute atomic E-state index is 0.558. The summed E-state index contributed by atoms with van der Waals surface area (Å²) in [4.78, 5) is 2.77. The molecule has 1 saturated carbocycles. The zero-order chi connectivity index (χ0) is 13.7. The number of rotatable bonds is 7. The third-order valence-corrected chi connectivity index (χ3v) is 4.87. The van der Waals surface area contributed by atoms with E-state index in [2.05, 4.69) is 31.1 Å². The number of likely N-dealkylation sites (N-methyl/N-ethyl adjacent to an activating group) is 1. The largest absolute Gasteiger partial charge is 0.379 e. The van der Waals surface area contributed by atoms with Crippen LogP contribution in [0, 0.1) is 11.8 Å². The van der Waals surface area contributed by atoms with Gasteiger partial charge in [-0.2, -0.15) is 0 Å². The van der Waals surface area contributed by atoms with Crippen LogP contribution in [0.2, 0.25) is 0 Å². The average Bonchev–Trinajstić information content (AvgIpc) is 3.04. The maximum absolute atomic E-state index is 5.66. The molecule has 0 aromatic rings. The Hall–Kier alpha value is -0.120. The zero-order valence-corrected chi connectivity index (χ0v) is 13.0. The van der Waals surface area contributed by atoms with Crippen molar-refractivity contribution in [3.05, 3.63) is 0 Å². The molecule has 1 aliphatic heterocycles. The van der Waals surface area contributed by atoms with E-state index in [1.54, 1.807) is 0 Å². The Morgan fingerprint density at radius 3 is 2.58 bits per heavy atom. The Morgan fingerprint density at radius 2 is 1.95 bits per heavy atom. The van der Waals surface area contributed by atoms with Crippen molar-refractivity contribution in [2.45, 2.75) is 58.0 Å². The highest BCUT2D eigenvalue weighted by molar-refractivity contribution is 4.86. The fraction of sp³-hybridized carbons (Fsp3) is 1.00. The molecule has 19 heavy (non-hydrogen) atoms. The Bertz CT molecular complexity index is 251. The first-order valence-electron chi connectivity index (χ1n) is 8.19. The fourth-order valence-electron chi connectivity index (χ4n) is 3.52. The first-order chi connectivity index (χ1) is 9.20. The minimum atomic E-state index is 0.558. The van der Waals surface area contributed by atoms with Gasteiger partial charge in [0, 0.05) is 24.5 Å². The molecule has 0 aromatic heterocycles. The second-order valence-corrected chi connectivity index (χ2v) is 6.81. The van der Waals surface area contributed by atoms with Gasteiger partial charge in [-0.05, 0) is 38.8 Å². The molecule has 112 valence electrons. The van der Waals surface area contributed by atoms with Gasteiger partial charge < -0.3 is 10.1 Å². The van der Waals surface area contributed by atoms with E-state index in [0.29, 0.717) is 12.0 Å². The molecular formula is C16H32N2O. The van der Waals surface area contributed by atoms with Gasteiger partial charge in [0.05, 0.1) is 13.2 Å². The Morgan fingerprint density at radius 1 is 1.21 bits per heavy atom. The van der Waals surface area contributed by atoms with E-state index in [-0.39, 0.29) is 0 Å². The Labute approximate surface area is 119 Å². The summed E-state index contributed by atoms with van der Waals surface area (Å²) in [6.45, 7) is 9.00. The van der Waals surface area contributed by atoms with Crippen LogP contribution >= 0.6 is 0 Å². The lowest BCUT2D eigenvalue weighted by atomic mass is 10.0. The summed E-state index contributed by atoms with van der Waals surface area (Å²) in [6, 6.07) is 1.40. The van der Waals surface area contributed by atoms with Crippen LogP contribution in [0.5, 0.6) is 0 Å². The van der Waals surface area contributed by atoms with Crippen molar-refractivity contribution in [2.75, 3.05) is 33.4 Å². The molecule has 3 heteroatoms. The van der Waals surface area contributed by atoms with E-state index in [0.717, 1.165) is 25.2 Å². The average molecular weight is 268 g/mol. The van der Waals surface area contributed by atoms with E-state index in [4.69, 9.17) is 4.74 Å². The van der Waals surface area contributed by atoms with Crippen LogP contribution in [0.1, 0.15) is 46.0 Å². The predicted molar refractivity (Wildman–Crippen MR) is 80.4 cm³/mol. The first kappa shape index (κ1) is 15.3. The van der Waals surface area contributed by atoms with Crippen molar-refractivity contribution >= 4 is 0 Å². The molecule has 2 unspecified atom stereocenters. The molecule has 0 amide bonds. The SMILES string of the molecule is CNC1COCC1CN(CCC(C)C)C1CCCC1. The molecule has 1 aliphatic carbocycles. The van der Waals surface area contributed by atoms with E-state index >= 15 is 0 Å². The Balaban J connectivity index is 1.88. The summed E-state index contributed by atoms with van der Waals surface area (Å²) in [6.07, 6.45) is 7.01. The second-order valence-electron chi connectivity index (χ2n) is 6.81. The van der Waals surface area contributed by atoms with Crippen LogP contribution in [-0.2, 0) is 4.74 Å². The molecule has 3 nitrogen and oxygen atoms in total. The van der Waals surface area contributed by atoms with Crippen LogP contribution in [-0.4, -0.2) is 50.3 Å². The maximum Gasteiger partial charge on any atom is 0.0623 e. The smallest absolute Gasteiger partial charge is 0.0623 e. The van der Waals surface area contributed by atoms with E-state index in [1.807, 2.05) is 0 Å². The molecule has 0 bridgehead atoms. The number of nitrogens with zero attached hydrogens (tertiary/aromatic N) is 1. The van der Waals surface area contributed by atoms with Crippen LogP contribution in [0.4, 0.5) is 0 Å². The maximum atomic E-state index is 5.66. The van der Waals surface area contributed by atoms with E-state index < -0.39 is 0 Å². The van der Waals surface area contributed by atoms with Crippen molar-refractivity contribution in [2.24, 2.45) is 11.8 Å². The topological polar surface area (TPSA) is 24.5 Å². The van der Waals surface area contributed by atoms with Crippen molar-refractivity contribution < 1.29 is 4.74 Å². The highest BCUT2D eigenvalue weighted by atomic mass is 16.5. The van der Waals surface area contributed by atoms with Gasteiger partial charge >= 0.3 is 0 Å². The van der Waals surface area contributed by atoms with Crippen molar-refractivity contribution in [3.8, 4) is 0 Å². The molecule has 1 saturated heterocycles. The van der Waals surface area contributed by atoms with Gasteiger partial charge in [-0.25, -0.2) is 0 Å². The summed E-state index contributed by atoms with van der Waals surface area (Å²) in [5.41, 5.74) is 0. The van der Waals surface area contributed by atoms with E-state index in [1.165, 1.54) is 45.2 Å². The van der Waals surface area contributed by atoms with Gasteiger partial charge in [-0.3, -0.25) is 4.90 Å². The monoisotopic (exact) mass is 268 g/mol. The number of hydrogen-bond acceptors (Lipinski definition) is 3. The minimum Gasteiger partial charge on any atom is -0.379 e. The normalized spacial score (nSPS) is 28.9. The summed E-state index contributed by atoms with van der Waals surface area (Å²) in [5, 5.41) is 3.42. The fourth-order valence-corrected chi connectivity index (χ4v) is 3.52. The molecule has 2 fully saturated rings. The molecular weight excluding hydrogens is 236 g/mol. The Kier molecular flexibility index (Phi) is 6.11. The van der Waals surface area contributed by atoms with Gasteiger partial charge in [0.15, 0.2) is 0 Å². The van der Waals surface area contributed by atoms with Crippen molar-refractivity contribution in [1.29, 1.82) is 0 Å². The second kappa shape index (κ2) is 7.61. The first-order valence-corrected chi connectivity index (χ1v) is 8.19. The van der Waals surface area contributed by atoms with E-state index in [9.17, 15) is 0 Å². The number of nitrogens with one attached hydrogen (secondary N) is 1. The summed E-state index contributed by atoms with van der Waals surface area (Å²) in [5.74, 6) is 1.49. The molecule has 1 N–H and O–H groups in total. The van der Waals surface area contributed by atoms with Gasteiger partial charge in [0.1, 0.15) is 0 Å².